The summed E-state index contributed by atoms with van der Waals surface area (Å²) < 4.78 is 6.28. The minimum absolute atomic E-state index is 0.918. The maximum Gasteiger partial charge on any atom is 0.136 e. The largest absolute Gasteiger partial charge is 0.456 e. The predicted octanol–water partition coefficient (Wildman–Crippen LogP) is 13.2. The van der Waals surface area contributed by atoms with Crippen LogP contribution in [0.1, 0.15) is 0 Å². The molecule has 1 heterocycles. The zero-order chi connectivity index (χ0) is 30.9. The molecule has 0 saturated carbocycles. The van der Waals surface area contributed by atoms with Crippen molar-refractivity contribution in [3.05, 3.63) is 170 Å². The molecule has 9 aromatic carbocycles. The van der Waals surface area contributed by atoms with Crippen molar-refractivity contribution in [2.24, 2.45) is 0 Å². The van der Waals surface area contributed by atoms with Gasteiger partial charge < -0.3 is 4.42 Å². The Kier molecular flexibility index (Phi) is 5.64. The van der Waals surface area contributed by atoms with Crippen molar-refractivity contribution in [2.45, 2.75) is 0 Å². The third kappa shape index (κ3) is 3.97. The van der Waals surface area contributed by atoms with Crippen LogP contribution in [0.3, 0.4) is 0 Å². The molecule has 1 nitrogen and oxygen atoms in total. The van der Waals surface area contributed by atoms with Gasteiger partial charge in [-0.25, -0.2) is 0 Å². The van der Waals surface area contributed by atoms with Gasteiger partial charge in [0, 0.05) is 10.8 Å². The van der Waals surface area contributed by atoms with Crippen molar-refractivity contribution in [2.75, 3.05) is 0 Å². The van der Waals surface area contributed by atoms with Gasteiger partial charge in [-0.05, 0) is 94.7 Å². The van der Waals surface area contributed by atoms with Gasteiger partial charge in [0.2, 0.25) is 0 Å². The van der Waals surface area contributed by atoms with E-state index in [2.05, 4.69) is 170 Å². The van der Waals surface area contributed by atoms with Gasteiger partial charge >= 0.3 is 0 Å². The molecule has 0 atom stereocenters. The van der Waals surface area contributed by atoms with Crippen molar-refractivity contribution in [3.8, 4) is 33.4 Å². The predicted molar refractivity (Wildman–Crippen MR) is 200 cm³/mol. The molecule has 47 heavy (non-hydrogen) atoms. The van der Waals surface area contributed by atoms with Crippen LogP contribution >= 0.6 is 0 Å². The molecule has 0 bridgehead atoms. The highest BCUT2D eigenvalue weighted by atomic mass is 16.3. The van der Waals surface area contributed by atoms with E-state index in [-0.39, 0.29) is 0 Å². The summed E-state index contributed by atoms with van der Waals surface area (Å²) in [5.74, 6) is 0. The second kappa shape index (κ2) is 10.2. The van der Waals surface area contributed by atoms with E-state index in [0.29, 0.717) is 0 Å². The van der Waals surface area contributed by atoms with E-state index in [4.69, 9.17) is 4.42 Å². The molecule has 0 fully saturated rings. The highest BCUT2D eigenvalue weighted by molar-refractivity contribution is 6.24. The molecular weight excluding hydrogens is 569 g/mol. The van der Waals surface area contributed by atoms with Gasteiger partial charge in [0.15, 0.2) is 0 Å². The monoisotopic (exact) mass is 596 g/mol. The van der Waals surface area contributed by atoms with Crippen molar-refractivity contribution < 1.29 is 4.42 Å². The normalized spacial score (nSPS) is 11.8. The average Bonchev–Trinajstić information content (AvgIpc) is 3.52. The van der Waals surface area contributed by atoms with Crippen LogP contribution in [0.5, 0.6) is 0 Å². The fourth-order valence-electron chi connectivity index (χ4n) is 7.73. The SMILES string of the molecule is c1ccc2c(-c3c4ccccc4c(-c4ccc(-c5ccc6oc7ccc8ccccc8c7c6c5)cc4)c4ccccc34)cccc2c1. The van der Waals surface area contributed by atoms with Crippen LogP contribution in [-0.4, -0.2) is 0 Å². The Morgan fingerprint density at radius 2 is 0.809 bits per heavy atom. The zero-order valence-electron chi connectivity index (χ0n) is 25.6. The number of hydrogen-bond acceptors (Lipinski definition) is 1. The second-order valence-corrected chi connectivity index (χ2v) is 12.4. The first kappa shape index (κ1) is 26.1. The second-order valence-electron chi connectivity index (χ2n) is 12.4. The summed E-state index contributed by atoms with van der Waals surface area (Å²) >= 11 is 0. The quantitative estimate of drug-likeness (QED) is 0.185. The van der Waals surface area contributed by atoms with Crippen LogP contribution in [0.25, 0.3) is 98.4 Å². The maximum atomic E-state index is 6.28. The average molecular weight is 597 g/mol. The first-order chi connectivity index (χ1) is 23.3. The fraction of sp³-hybridized carbons (Fsp3) is 0. The Morgan fingerprint density at radius 3 is 1.51 bits per heavy atom. The summed E-state index contributed by atoms with van der Waals surface area (Å²) in [5, 5.41) is 12.4. The van der Waals surface area contributed by atoms with E-state index in [9.17, 15) is 0 Å². The topological polar surface area (TPSA) is 13.1 Å². The molecule has 1 aromatic heterocycles. The van der Waals surface area contributed by atoms with Crippen molar-refractivity contribution in [3.63, 3.8) is 0 Å². The zero-order valence-corrected chi connectivity index (χ0v) is 25.6. The van der Waals surface area contributed by atoms with E-state index in [1.807, 2.05) is 0 Å². The van der Waals surface area contributed by atoms with Gasteiger partial charge in [0.25, 0.3) is 0 Å². The Balaban J connectivity index is 1.16. The van der Waals surface area contributed by atoms with Crippen LogP contribution in [-0.2, 0) is 0 Å². The van der Waals surface area contributed by atoms with Gasteiger partial charge in [-0.1, -0.05) is 152 Å². The molecule has 0 aliphatic heterocycles. The molecule has 0 radical (unpaired) electrons. The van der Waals surface area contributed by atoms with E-state index in [1.165, 1.54) is 81.9 Å². The standard InChI is InChI=1S/C46H28O/c1-3-13-34-30(10-1)12-9-19-36(34)45-39-17-7-5-15-37(39)44(38-16-6-8-18-40(38)45)32-22-20-29(21-23-32)33-25-26-42-41(28-33)46-35-14-4-2-11-31(35)24-27-43(46)47-42/h1-28H. The van der Waals surface area contributed by atoms with Crippen molar-refractivity contribution in [1.29, 1.82) is 0 Å². The molecule has 0 aliphatic rings. The van der Waals surface area contributed by atoms with Crippen molar-refractivity contribution >= 4 is 65.0 Å². The van der Waals surface area contributed by atoms with Crippen LogP contribution in [0.4, 0.5) is 0 Å². The van der Waals surface area contributed by atoms with Gasteiger partial charge in [-0.2, -0.15) is 0 Å². The molecule has 0 saturated heterocycles. The lowest BCUT2D eigenvalue weighted by Gasteiger charge is -2.19. The minimum atomic E-state index is 0.918. The summed E-state index contributed by atoms with van der Waals surface area (Å²) in [5.41, 5.74) is 9.26. The molecule has 1 heteroatoms. The highest BCUT2D eigenvalue weighted by Crippen LogP contribution is 2.45. The fourth-order valence-corrected chi connectivity index (χ4v) is 7.73. The molecule has 0 amide bonds. The van der Waals surface area contributed by atoms with Crippen LogP contribution < -0.4 is 0 Å². The van der Waals surface area contributed by atoms with E-state index < -0.39 is 0 Å². The minimum Gasteiger partial charge on any atom is -0.456 e. The Hall–Kier alpha value is -6.18. The molecule has 10 aromatic rings. The Bertz CT molecular complexity index is 2770. The number of rotatable bonds is 3. The first-order valence-corrected chi connectivity index (χ1v) is 16.2. The molecular formula is C46H28O. The molecule has 0 N–H and O–H groups in total. The summed E-state index contributed by atoms with van der Waals surface area (Å²) in [7, 11) is 0. The number of furan rings is 1. The van der Waals surface area contributed by atoms with Gasteiger partial charge in [0.05, 0.1) is 0 Å². The molecule has 10 rings (SSSR count). The Labute approximate surface area is 271 Å². The number of fused-ring (bicyclic) bond motifs is 8. The van der Waals surface area contributed by atoms with E-state index in [1.54, 1.807) is 0 Å². The first-order valence-electron chi connectivity index (χ1n) is 16.2. The smallest absolute Gasteiger partial charge is 0.136 e. The molecule has 0 aliphatic carbocycles. The summed E-state index contributed by atoms with van der Waals surface area (Å²) in [6.07, 6.45) is 0. The van der Waals surface area contributed by atoms with E-state index >= 15 is 0 Å². The maximum absolute atomic E-state index is 6.28. The van der Waals surface area contributed by atoms with Crippen LogP contribution in [0, 0.1) is 0 Å². The van der Waals surface area contributed by atoms with Gasteiger partial charge in [0.1, 0.15) is 11.2 Å². The van der Waals surface area contributed by atoms with Crippen molar-refractivity contribution in [1.82, 2.24) is 0 Å². The summed E-state index contributed by atoms with van der Waals surface area (Å²) in [4.78, 5) is 0. The number of hydrogen-bond donors (Lipinski definition) is 0. The van der Waals surface area contributed by atoms with Crippen LogP contribution in [0.2, 0.25) is 0 Å². The van der Waals surface area contributed by atoms with Crippen LogP contribution in [0.15, 0.2) is 174 Å². The third-order valence-electron chi connectivity index (χ3n) is 9.86. The lowest BCUT2D eigenvalue weighted by molar-refractivity contribution is 0.669. The van der Waals surface area contributed by atoms with Gasteiger partial charge in [-0.15, -0.1) is 0 Å². The number of benzene rings is 9. The third-order valence-corrected chi connectivity index (χ3v) is 9.86. The Morgan fingerprint density at radius 1 is 0.298 bits per heavy atom. The lowest BCUT2D eigenvalue weighted by atomic mass is 9.84. The lowest BCUT2D eigenvalue weighted by Crippen LogP contribution is -1.91. The summed E-state index contributed by atoms with van der Waals surface area (Å²) in [6, 6.07) is 61.6. The molecule has 218 valence electrons. The summed E-state index contributed by atoms with van der Waals surface area (Å²) in [6.45, 7) is 0. The molecule has 0 spiro atoms. The van der Waals surface area contributed by atoms with E-state index in [0.717, 1.165) is 16.6 Å². The highest BCUT2D eigenvalue weighted by Gasteiger charge is 2.18. The van der Waals surface area contributed by atoms with Gasteiger partial charge in [-0.3, -0.25) is 0 Å². The molecule has 0 unspecified atom stereocenters.